The maximum absolute atomic E-state index is 10.9. The van der Waals surface area contributed by atoms with Gasteiger partial charge in [-0.15, -0.1) is 0 Å². The molecular weight excluding hydrogens is 304 g/mol. The Balaban J connectivity index is 4.17. The van der Waals surface area contributed by atoms with E-state index < -0.39 is 24.0 Å². The molecule has 0 aliphatic rings. The van der Waals surface area contributed by atoms with E-state index in [1.54, 1.807) is 0 Å². The summed E-state index contributed by atoms with van der Waals surface area (Å²) in [5, 5.41) is 24.9. The van der Waals surface area contributed by atoms with Gasteiger partial charge in [-0.25, -0.2) is 15.8 Å². The van der Waals surface area contributed by atoms with Gasteiger partial charge in [0.1, 0.15) is 6.04 Å². The Morgan fingerprint density at radius 3 is 2.20 bits per heavy atom. The number of carboxylic acid groups (broad SMARTS) is 2. The zero-order valence-corrected chi connectivity index (χ0v) is 13.0. The molecule has 0 radical (unpaired) electrons. The lowest BCUT2D eigenvalue weighted by molar-refractivity contribution is -0.140. The van der Waals surface area contributed by atoms with Gasteiger partial charge >= 0.3 is 11.9 Å². The smallest absolute Gasteiger partial charge is 0.330 e. The van der Waals surface area contributed by atoms with Crippen LogP contribution in [-0.2, 0) is 9.59 Å². The van der Waals surface area contributed by atoms with Crippen molar-refractivity contribution < 1.29 is 19.8 Å². The first-order chi connectivity index (χ1) is 9.52. The highest BCUT2D eigenvalue weighted by molar-refractivity contribution is 7.98. The fourth-order valence-corrected chi connectivity index (χ4v) is 2.09. The first-order valence-corrected chi connectivity index (χ1v) is 8.65. The second kappa shape index (κ2) is 11.8. The molecule has 2 atom stereocenters. The zero-order valence-electron chi connectivity index (χ0n) is 11.4. The van der Waals surface area contributed by atoms with Crippen molar-refractivity contribution in [2.24, 2.45) is 10.3 Å². The number of aliphatic carboxylic acids is 2. The van der Waals surface area contributed by atoms with Gasteiger partial charge in [-0.3, -0.25) is 4.79 Å². The molecule has 0 aliphatic heterocycles. The Morgan fingerprint density at radius 1 is 1.10 bits per heavy atom. The molecular formula is C10H20N4O4S2. The normalized spacial score (nSPS) is 14.1. The molecule has 0 aromatic heterocycles. The van der Waals surface area contributed by atoms with Crippen LogP contribution in [0.5, 0.6) is 0 Å². The Bertz CT molecular complexity index is 330. The minimum absolute atomic E-state index is 0.372. The molecule has 0 saturated carbocycles. The van der Waals surface area contributed by atoms with Gasteiger partial charge in [0.15, 0.2) is 6.04 Å². The summed E-state index contributed by atoms with van der Waals surface area (Å²) in [5.74, 6) is -0.705. The molecule has 20 heavy (non-hydrogen) atoms. The monoisotopic (exact) mass is 324 g/mol. The van der Waals surface area contributed by atoms with Crippen LogP contribution in [0.3, 0.4) is 0 Å². The van der Waals surface area contributed by atoms with E-state index in [1.165, 1.54) is 23.5 Å². The second-order valence-electron chi connectivity index (χ2n) is 3.78. The summed E-state index contributed by atoms with van der Waals surface area (Å²) in [5.41, 5.74) is 4.77. The van der Waals surface area contributed by atoms with E-state index in [2.05, 4.69) is 21.3 Å². The lowest BCUT2D eigenvalue weighted by Gasteiger charge is -2.12. The van der Waals surface area contributed by atoms with Crippen LogP contribution in [0.15, 0.2) is 10.3 Å². The molecule has 0 spiro atoms. The van der Waals surface area contributed by atoms with E-state index in [4.69, 9.17) is 10.2 Å². The van der Waals surface area contributed by atoms with Crippen LogP contribution in [0.4, 0.5) is 0 Å². The summed E-state index contributed by atoms with van der Waals surface area (Å²) < 4.78 is 0. The highest BCUT2D eigenvalue weighted by Crippen LogP contribution is 2.05. The number of nitrogens with one attached hydrogen (secondary N) is 2. The Kier molecular flexibility index (Phi) is 11.2. The third-order valence-electron chi connectivity index (χ3n) is 2.28. The van der Waals surface area contributed by atoms with Crippen LogP contribution in [0.25, 0.3) is 0 Å². The first-order valence-electron chi connectivity index (χ1n) is 5.86. The van der Waals surface area contributed by atoms with Gasteiger partial charge in [-0.2, -0.15) is 28.6 Å². The molecule has 0 amide bonds. The van der Waals surface area contributed by atoms with Crippen molar-refractivity contribution in [3.05, 3.63) is 0 Å². The summed E-state index contributed by atoms with van der Waals surface area (Å²) in [6.45, 7) is 0. The number of hydrazine groups is 1. The van der Waals surface area contributed by atoms with Gasteiger partial charge in [0.25, 0.3) is 0 Å². The number of thioether (sulfide) groups is 2. The molecule has 0 unspecified atom stereocenters. The van der Waals surface area contributed by atoms with Crippen molar-refractivity contribution in [3.63, 3.8) is 0 Å². The van der Waals surface area contributed by atoms with Gasteiger partial charge in [0.05, 0.1) is 0 Å². The summed E-state index contributed by atoms with van der Waals surface area (Å²) in [6, 6.07) is -1.72. The molecule has 0 bridgehead atoms. The number of rotatable bonds is 12. The first kappa shape index (κ1) is 19.0. The molecule has 0 heterocycles. The molecule has 0 rings (SSSR count). The van der Waals surface area contributed by atoms with Crippen LogP contribution >= 0.6 is 23.5 Å². The number of carbonyl (C=O) groups is 2. The minimum atomic E-state index is -1.05. The van der Waals surface area contributed by atoms with E-state index in [9.17, 15) is 9.59 Å². The van der Waals surface area contributed by atoms with Crippen molar-refractivity contribution in [2.75, 3.05) is 24.0 Å². The van der Waals surface area contributed by atoms with Gasteiger partial charge < -0.3 is 10.2 Å². The molecule has 0 aliphatic carbocycles. The van der Waals surface area contributed by atoms with Gasteiger partial charge in [-0.05, 0) is 36.9 Å². The van der Waals surface area contributed by atoms with Crippen LogP contribution in [0.1, 0.15) is 12.8 Å². The fourth-order valence-electron chi connectivity index (χ4n) is 1.16. The lowest BCUT2D eigenvalue weighted by atomic mass is 10.2. The number of nitrogens with zero attached hydrogens (tertiary/aromatic N) is 2. The molecule has 0 fully saturated rings. The zero-order chi connectivity index (χ0) is 15.4. The molecule has 0 saturated heterocycles. The molecule has 4 N–H and O–H groups in total. The van der Waals surface area contributed by atoms with Gasteiger partial charge in [-0.1, -0.05) is 5.22 Å². The van der Waals surface area contributed by atoms with E-state index >= 15 is 0 Å². The summed E-state index contributed by atoms with van der Waals surface area (Å²) in [7, 11) is 0. The van der Waals surface area contributed by atoms with Crippen molar-refractivity contribution in [2.45, 2.75) is 24.9 Å². The van der Waals surface area contributed by atoms with Crippen LogP contribution in [0.2, 0.25) is 0 Å². The molecule has 116 valence electrons. The van der Waals surface area contributed by atoms with Gasteiger partial charge in [0.2, 0.25) is 0 Å². The summed E-state index contributed by atoms with van der Waals surface area (Å²) >= 11 is 3.06. The van der Waals surface area contributed by atoms with Crippen LogP contribution in [-0.4, -0.2) is 58.3 Å². The number of hydrogen-bond acceptors (Lipinski definition) is 7. The predicted molar refractivity (Wildman–Crippen MR) is 80.0 cm³/mol. The van der Waals surface area contributed by atoms with E-state index in [1.807, 2.05) is 12.5 Å². The van der Waals surface area contributed by atoms with Crippen molar-refractivity contribution in [3.8, 4) is 0 Å². The quantitative estimate of drug-likeness (QED) is 0.308. The maximum atomic E-state index is 10.9. The maximum Gasteiger partial charge on any atom is 0.330 e. The SMILES string of the molecule is CSCC[C@H](N=NNN[C@@H](CCSC)C(=O)O)C(=O)O. The largest absolute Gasteiger partial charge is 0.480 e. The third kappa shape index (κ3) is 8.99. The highest BCUT2D eigenvalue weighted by Gasteiger charge is 2.17. The average Bonchev–Trinajstić information content (AvgIpc) is 2.40. The summed E-state index contributed by atoms with van der Waals surface area (Å²) in [4.78, 5) is 21.8. The van der Waals surface area contributed by atoms with E-state index in [0.717, 1.165) is 0 Å². The average molecular weight is 324 g/mol. The van der Waals surface area contributed by atoms with Crippen LogP contribution < -0.4 is 11.0 Å². The molecule has 0 aromatic rings. The van der Waals surface area contributed by atoms with Crippen molar-refractivity contribution in [1.29, 1.82) is 0 Å². The van der Waals surface area contributed by atoms with Crippen molar-refractivity contribution in [1.82, 2.24) is 11.0 Å². The number of hydrogen-bond donors (Lipinski definition) is 4. The van der Waals surface area contributed by atoms with Crippen LogP contribution in [0, 0.1) is 0 Å². The third-order valence-corrected chi connectivity index (χ3v) is 3.56. The fraction of sp³-hybridized carbons (Fsp3) is 0.800. The van der Waals surface area contributed by atoms with E-state index in [-0.39, 0.29) is 0 Å². The predicted octanol–water partition coefficient (Wildman–Crippen LogP) is 0.860. The summed E-state index contributed by atoms with van der Waals surface area (Å²) in [6.07, 6.45) is 4.55. The second-order valence-corrected chi connectivity index (χ2v) is 5.75. The van der Waals surface area contributed by atoms with Gasteiger partial charge in [0, 0.05) is 0 Å². The standard InChI is InChI=1S/C10H20N4O4S2/c1-19-5-3-7(9(15)16)11-13-14-12-8(10(17)18)4-6-20-2/h7-8H,3-6H2,1-2H3,(H,11,14)(H,12,13)(H,15,16)(H,17,18)/t7-,8-/m0/s1. The minimum Gasteiger partial charge on any atom is -0.480 e. The Hall–Kier alpha value is -1.00. The van der Waals surface area contributed by atoms with E-state index in [0.29, 0.717) is 24.3 Å². The number of carboxylic acids is 2. The molecule has 10 heteroatoms. The van der Waals surface area contributed by atoms with Crippen molar-refractivity contribution >= 4 is 35.5 Å². The topological polar surface area (TPSA) is 123 Å². The Morgan fingerprint density at radius 2 is 1.70 bits per heavy atom. The highest BCUT2D eigenvalue weighted by atomic mass is 32.2. The lowest BCUT2D eigenvalue weighted by Crippen LogP contribution is -2.43. The Labute approximate surface area is 126 Å². The molecule has 8 nitrogen and oxygen atoms in total. The molecule has 0 aromatic carbocycles.